The van der Waals surface area contributed by atoms with E-state index in [9.17, 15) is 5.26 Å². The number of fused-ring (bicyclic) bond motifs is 9. The molecular weight excluding hydrogens is 723 g/mol. The van der Waals surface area contributed by atoms with Crippen LogP contribution in [0, 0.1) is 11.3 Å². The van der Waals surface area contributed by atoms with Crippen molar-refractivity contribution in [3.05, 3.63) is 228 Å². The fraction of sp³-hybridized carbons (Fsp3) is 0.0185. The van der Waals surface area contributed by atoms with E-state index in [4.69, 9.17) is 9.97 Å². The van der Waals surface area contributed by atoms with Crippen molar-refractivity contribution in [2.45, 2.75) is 15.2 Å². The van der Waals surface area contributed by atoms with Gasteiger partial charge < -0.3 is 0 Å². The summed E-state index contributed by atoms with van der Waals surface area (Å²) in [5.41, 5.74) is 16.8. The van der Waals surface area contributed by atoms with Crippen LogP contribution in [-0.2, 0) is 5.41 Å². The molecule has 8 aromatic carbocycles. The topological polar surface area (TPSA) is 49.6 Å². The van der Waals surface area contributed by atoms with Gasteiger partial charge in [-0.2, -0.15) is 5.26 Å². The summed E-state index contributed by atoms with van der Waals surface area (Å²) in [4.78, 5) is 12.9. The molecule has 0 atom stereocenters. The summed E-state index contributed by atoms with van der Waals surface area (Å²) in [6.45, 7) is 0. The number of nitriles is 1. The van der Waals surface area contributed by atoms with Crippen molar-refractivity contribution >= 4 is 11.8 Å². The fourth-order valence-corrected chi connectivity index (χ4v) is 10.2. The van der Waals surface area contributed by atoms with Crippen molar-refractivity contribution in [3.63, 3.8) is 0 Å². The maximum atomic E-state index is 9.69. The minimum absolute atomic E-state index is 0.535. The third-order valence-electron chi connectivity index (χ3n) is 11.6. The van der Waals surface area contributed by atoms with Crippen LogP contribution in [0.2, 0.25) is 0 Å². The Morgan fingerprint density at radius 1 is 0.397 bits per heavy atom. The van der Waals surface area contributed by atoms with Gasteiger partial charge in [-0.1, -0.05) is 169 Å². The standard InChI is InChI=1S/C54H33N3S/c55-34-35-14-11-19-38(30-35)39-20-12-21-40(31-39)42-22-13-25-47-52(42)43-32-41(49-33-48(36-15-3-1-4-16-36)56-53(57-49)37-17-5-2-6-18-37)28-29-44(43)54(47)45-23-7-9-26-50(45)58-51-27-10-8-24-46(51)54/h1-33H. The van der Waals surface area contributed by atoms with Gasteiger partial charge >= 0.3 is 0 Å². The monoisotopic (exact) mass is 755 g/mol. The van der Waals surface area contributed by atoms with Gasteiger partial charge in [0.05, 0.1) is 28.4 Å². The van der Waals surface area contributed by atoms with E-state index in [1.54, 1.807) is 0 Å². The Morgan fingerprint density at radius 3 is 1.69 bits per heavy atom. The highest BCUT2D eigenvalue weighted by atomic mass is 32.2. The molecule has 1 spiro atoms. The van der Waals surface area contributed by atoms with E-state index in [-0.39, 0.29) is 0 Å². The van der Waals surface area contributed by atoms with Gasteiger partial charge in [-0.15, -0.1) is 0 Å². The maximum absolute atomic E-state index is 9.69. The molecule has 2 heterocycles. The smallest absolute Gasteiger partial charge is 0.160 e. The molecule has 0 saturated heterocycles. The molecule has 2 aliphatic rings. The number of hydrogen-bond acceptors (Lipinski definition) is 4. The maximum Gasteiger partial charge on any atom is 0.160 e. The Labute approximate surface area is 342 Å². The second-order valence-electron chi connectivity index (χ2n) is 14.8. The van der Waals surface area contributed by atoms with Gasteiger partial charge in [-0.25, -0.2) is 9.97 Å². The summed E-state index contributed by atoms with van der Waals surface area (Å²) < 4.78 is 0. The Morgan fingerprint density at radius 2 is 0.966 bits per heavy atom. The second-order valence-corrected chi connectivity index (χ2v) is 15.9. The third kappa shape index (κ3) is 5.36. The van der Waals surface area contributed by atoms with Crippen LogP contribution in [0.15, 0.2) is 210 Å². The summed E-state index contributed by atoms with van der Waals surface area (Å²) in [5.74, 6) is 0.694. The van der Waals surface area contributed by atoms with Crippen LogP contribution in [0.4, 0.5) is 0 Å². The number of nitrogens with zero attached hydrogens (tertiary/aromatic N) is 3. The molecule has 0 saturated carbocycles. The molecule has 11 rings (SSSR count). The molecule has 1 aliphatic heterocycles. The third-order valence-corrected chi connectivity index (χ3v) is 12.7. The first-order valence-corrected chi connectivity index (χ1v) is 20.3. The van der Waals surface area contributed by atoms with E-state index < -0.39 is 5.41 Å². The van der Waals surface area contributed by atoms with E-state index in [1.165, 1.54) is 43.2 Å². The number of rotatable bonds is 5. The number of aromatic nitrogens is 2. The predicted molar refractivity (Wildman–Crippen MR) is 235 cm³/mol. The Balaban J connectivity index is 1.19. The van der Waals surface area contributed by atoms with Crippen LogP contribution < -0.4 is 0 Å². The molecule has 0 amide bonds. The summed E-state index contributed by atoms with van der Waals surface area (Å²) in [5, 5.41) is 9.69. The van der Waals surface area contributed by atoms with Crippen LogP contribution in [0.5, 0.6) is 0 Å². The van der Waals surface area contributed by atoms with Crippen LogP contribution in [0.1, 0.15) is 27.8 Å². The van der Waals surface area contributed by atoms with Gasteiger partial charge in [0.2, 0.25) is 0 Å². The molecule has 1 aromatic heterocycles. The lowest BCUT2D eigenvalue weighted by molar-refractivity contribution is 0.722. The molecule has 0 N–H and O–H groups in total. The zero-order valence-electron chi connectivity index (χ0n) is 31.3. The van der Waals surface area contributed by atoms with Crippen LogP contribution in [0.25, 0.3) is 67.3 Å². The molecule has 0 bridgehead atoms. The lowest BCUT2D eigenvalue weighted by Crippen LogP contribution is -2.31. The average molecular weight is 756 g/mol. The van der Waals surface area contributed by atoms with Crippen molar-refractivity contribution < 1.29 is 0 Å². The molecular formula is C54H33N3S. The zero-order chi connectivity index (χ0) is 38.6. The Bertz CT molecular complexity index is 3010. The van der Waals surface area contributed by atoms with Crippen LogP contribution in [0.3, 0.4) is 0 Å². The van der Waals surface area contributed by atoms with Gasteiger partial charge in [0, 0.05) is 26.5 Å². The minimum atomic E-state index is -0.535. The first kappa shape index (κ1) is 34.0. The van der Waals surface area contributed by atoms with Crippen molar-refractivity contribution in [2.24, 2.45) is 0 Å². The molecule has 0 unspecified atom stereocenters. The molecule has 270 valence electrons. The van der Waals surface area contributed by atoms with Crippen molar-refractivity contribution in [1.29, 1.82) is 5.26 Å². The zero-order valence-corrected chi connectivity index (χ0v) is 32.1. The van der Waals surface area contributed by atoms with Crippen LogP contribution >= 0.6 is 11.8 Å². The summed E-state index contributed by atoms with van der Waals surface area (Å²) in [7, 11) is 0. The van der Waals surface area contributed by atoms with E-state index in [0.29, 0.717) is 11.4 Å². The molecule has 0 fully saturated rings. The molecule has 58 heavy (non-hydrogen) atoms. The van der Waals surface area contributed by atoms with Crippen molar-refractivity contribution in [3.8, 4) is 73.4 Å². The highest BCUT2D eigenvalue weighted by Gasteiger charge is 2.50. The van der Waals surface area contributed by atoms with E-state index >= 15 is 0 Å². The quantitative estimate of drug-likeness (QED) is 0.175. The van der Waals surface area contributed by atoms with Crippen molar-refractivity contribution in [1.82, 2.24) is 9.97 Å². The van der Waals surface area contributed by atoms with Gasteiger partial charge in [0.15, 0.2) is 5.82 Å². The second kappa shape index (κ2) is 13.7. The molecule has 1 aliphatic carbocycles. The summed E-state index contributed by atoms with van der Waals surface area (Å²) in [6.07, 6.45) is 0. The molecule has 9 aromatic rings. The average Bonchev–Trinajstić information content (AvgIpc) is 3.59. The number of benzene rings is 8. The van der Waals surface area contributed by atoms with Gasteiger partial charge in [0.1, 0.15) is 0 Å². The number of hydrogen-bond donors (Lipinski definition) is 0. The molecule has 0 radical (unpaired) electrons. The lowest BCUT2D eigenvalue weighted by atomic mass is 9.67. The van der Waals surface area contributed by atoms with E-state index in [2.05, 4.69) is 164 Å². The summed E-state index contributed by atoms with van der Waals surface area (Å²) >= 11 is 1.85. The molecule has 4 heteroatoms. The fourth-order valence-electron chi connectivity index (χ4n) is 9.06. The summed E-state index contributed by atoms with van der Waals surface area (Å²) in [6, 6.07) is 73.3. The highest BCUT2D eigenvalue weighted by molar-refractivity contribution is 7.99. The van der Waals surface area contributed by atoms with E-state index in [1.807, 2.05) is 54.2 Å². The van der Waals surface area contributed by atoms with Gasteiger partial charge in [-0.3, -0.25) is 0 Å². The Hall–Kier alpha value is -7.32. The van der Waals surface area contributed by atoms with Crippen LogP contribution in [-0.4, -0.2) is 9.97 Å². The van der Waals surface area contributed by atoms with Gasteiger partial charge in [0.25, 0.3) is 0 Å². The SMILES string of the molecule is N#Cc1cccc(-c2cccc(-c3cccc4c3-c3cc(-c5cc(-c6ccccc6)nc(-c6ccccc6)n5)ccc3C43c4ccccc4Sc4ccccc43)c2)c1. The first-order valence-electron chi connectivity index (χ1n) is 19.5. The van der Waals surface area contributed by atoms with Crippen molar-refractivity contribution in [2.75, 3.05) is 0 Å². The predicted octanol–water partition coefficient (Wildman–Crippen LogP) is 13.5. The minimum Gasteiger partial charge on any atom is -0.228 e. The first-order chi connectivity index (χ1) is 28.7. The normalized spacial score (nSPS) is 12.9. The highest BCUT2D eigenvalue weighted by Crippen LogP contribution is 2.63. The lowest BCUT2D eigenvalue weighted by Gasteiger charge is -2.39. The molecule has 3 nitrogen and oxygen atoms in total. The van der Waals surface area contributed by atoms with E-state index in [0.717, 1.165) is 50.3 Å². The van der Waals surface area contributed by atoms with Gasteiger partial charge in [-0.05, 0) is 98.1 Å². The largest absolute Gasteiger partial charge is 0.228 e. The Kier molecular flexibility index (Phi) is 8.03.